The molecule has 0 amide bonds. The van der Waals surface area contributed by atoms with Gasteiger partial charge in [-0.05, 0) is 60.1 Å². The summed E-state index contributed by atoms with van der Waals surface area (Å²) >= 11 is 0. The first-order valence-corrected chi connectivity index (χ1v) is 12.2. The molecule has 1 aliphatic rings. The molecule has 0 bridgehead atoms. The fourth-order valence-electron chi connectivity index (χ4n) is 4.79. The molecular weight excluding hydrogens is 371 g/mol. The highest BCUT2D eigenvalue weighted by atomic mass is 19.1. The smallest absolute Gasteiger partial charge is 0.123 e. The van der Waals surface area contributed by atoms with Crippen molar-refractivity contribution < 1.29 is 9.13 Å². The lowest BCUT2D eigenvalue weighted by Gasteiger charge is -2.28. The van der Waals surface area contributed by atoms with Gasteiger partial charge in [-0.3, -0.25) is 0 Å². The molecular formula is C28H39FO. The van der Waals surface area contributed by atoms with Gasteiger partial charge in [0.05, 0.1) is 6.61 Å². The third-order valence-corrected chi connectivity index (χ3v) is 6.74. The van der Waals surface area contributed by atoms with Crippen LogP contribution in [0.25, 0.3) is 11.1 Å². The van der Waals surface area contributed by atoms with Gasteiger partial charge in [0.15, 0.2) is 0 Å². The normalized spacial score (nSPS) is 19.0. The van der Waals surface area contributed by atoms with Crippen molar-refractivity contribution in [1.29, 1.82) is 0 Å². The van der Waals surface area contributed by atoms with Crippen LogP contribution < -0.4 is 4.74 Å². The lowest BCUT2D eigenvalue weighted by Crippen LogP contribution is -2.15. The lowest BCUT2D eigenvalue weighted by molar-refractivity contribution is 0.228. The second kappa shape index (κ2) is 12.8. The summed E-state index contributed by atoms with van der Waals surface area (Å²) in [5.74, 6) is 2.63. The largest absolute Gasteiger partial charge is 0.494 e. The van der Waals surface area contributed by atoms with E-state index in [1.165, 1.54) is 82.8 Å². The first kappa shape index (κ1) is 22.8. The van der Waals surface area contributed by atoms with Crippen LogP contribution in [-0.4, -0.2) is 6.61 Å². The van der Waals surface area contributed by atoms with E-state index in [1.807, 2.05) is 36.4 Å². The molecule has 0 aliphatic heterocycles. The summed E-state index contributed by atoms with van der Waals surface area (Å²) in [5.41, 5.74) is 2.11. The standard InChI is InChI=1S/C28H39FO/c1-2-3-4-5-6-8-23-10-12-24(13-11-23)9-7-22-30-28-20-16-26(17-21-28)25-14-18-27(29)19-15-25/h14-21,23-24H,2-13,22H2,1H3/t23-,24-. The van der Waals surface area contributed by atoms with Crippen LogP contribution in [0.3, 0.4) is 0 Å². The van der Waals surface area contributed by atoms with Crippen LogP contribution in [0.2, 0.25) is 0 Å². The maximum atomic E-state index is 13.1. The molecule has 1 nitrogen and oxygen atoms in total. The van der Waals surface area contributed by atoms with Crippen LogP contribution >= 0.6 is 0 Å². The van der Waals surface area contributed by atoms with Crippen LogP contribution in [0.15, 0.2) is 48.5 Å². The van der Waals surface area contributed by atoms with Crippen molar-refractivity contribution in [3.63, 3.8) is 0 Å². The molecule has 2 aromatic rings. The summed E-state index contributed by atoms with van der Waals surface area (Å²) < 4.78 is 19.0. The minimum atomic E-state index is -0.199. The van der Waals surface area contributed by atoms with Crippen LogP contribution in [0.1, 0.15) is 84.0 Å². The molecule has 0 heterocycles. The van der Waals surface area contributed by atoms with Gasteiger partial charge in [-0.15, -0.1) is 0 Å². The van der Waals surface area contributed by atoms with Crippen LogP contribution in [-0.2, 0) is 0 Å². The fraction of sp³-hybridized carbons (Fsp3) is 0.571. The average Bonchev–Trinajstić information content (AvgIpc) is 2.78. The summed E-state index contributed by atoms with van der Waals surface area (Å²) in [7, 11) is 0. The van der Waals surface area contributed by atoms with E-state index in [1.54, 1.807) is 0 Å². The molecule has 30 heavy (non-hydrogen) atoms. The van der Waals surface area contributed by atoms with E-state index in [4.69, 9.17) is 4.74 Å². The molecule has 0 radical (unpaired) electrons. The molecule has 0 unspecified atom stereocenters. The fourth-order valence-corrected chi connectivity index (χ4v) is 4.79. The van der Waals surface area contributed by atoms with Crippen molar-refractivity contribution >= 4 is 0 Å². The molecule has 164 valence electrons. The molecule has 1 saturated carbocycles. The number of hydrogen-bond donors (Lipinski definition) is 0. The van der Waals surface area contributed by atoms with E-state index in [2.05, 4.69) is 6.92 Å². The van der Waals surface area contributed by atoms with E-state index in [-0.39, 0.29) is 5.82 Å². The van der Waals surface area contributed by atoms with Gasteiger partial charge >= 0.3 is 0 Å². The molecule has 3 rings (SSSR count). The third kappa shape index (κ3) is 7.78. The van der Waals surface area contributed by atoms with Crippen LogP contribution in [0, 0.1) is 17.7 Å². The highest BCUT2D eigenvalue weighted by molar-refractivity contribution is 5.63. The number of benzene rings is 2. The predicted molar refractivity (Wildman–Crippen MR) is 125 cm³/mol. The highest BCUT2D eigenvalue weighted by Gasteiger charge is 2.20. The first-order valence-electron chi connectivity index (χ1n) is 12.2. The van der Waals surface area contributed by atoms with Gasteiger partial charge in [0.2, 0.25) is 0 Å². The Labute approximate surface area is 183 Å². The van der Waals surface area contributed by atoms with Crippen molar-refractivity contribution in [3.8, 4) is 16.9 Å². The number of rotatable bonds is 12. The minimum absolute atomic E-state index is 0.199. The molecule has 0 atom stereocenters. The zero-order valence-corrected chi connectivity index (χ0v) is 18.8. The number of unbranched alkanes of at least 4 members (excludes halogenated alkanes) is 4. The summed E-state index contributed by atoms with van der Waals surface area (Å²) in [6.07, 6.45) is 16.7. The number of ether oxygens (including phenoxy) is 1. The van der Waals surface area contributed by atoms with Crippen molar-refractivity contribution in [2.45, 2.75) is 84.0 Å². The van der Waals surface area contributed by atoms with Gasteiger partial charge in [0.1, 0.15) is 11.6 Å². The Kier molecular flexibility index (Phi) is 9.73. The molecule has 0 N–H and O–H groups in total. The third-order valence-electron chi connectivity index (χ3n) is 6.74. The van der Waals surface area contributed by atoms with Gasteiger partial charge in [-0.1, -0.05) is 95.4 Å². The minimum Gasteiger partial charge on any atom is -0.494 e. The molecule has 0 saturated heterocycles. The molecule has 2 heteroatoms. The van der Waals surface area contributed by atoms with E-state index in [9.17, 15) is 4.39 Å². The van der Waals surface area contributed by atoms with Gasteiger partial charge < -0.3 is 4.74 Å². The zero-order valence-electron chi connectivity index (χ0n) is 18.8. The van der Waals surface area contributed by atoms with Crippen LogP contribution in [0.4, 0.5) is 4.39 Å². The first-order chi connectivity index (χ1) is 14.7. The Bertz CT molecular complexity index is 698. The molecule has 1 aliphatic carbocycles. The quantitative estimate of drug-likeness (QED) is 0.318. The van der Waals surface area contributed by atoms with E-state index >= 15 is 0 Å². The zero-order chi connectivity index (χ0) is 21.0. The van der Waals surface area contributed by atoms with Crippen molar-refractivity contribution in [1.82, 2.24) is 0 Å². The van der Waals surface area contributed by atoms with Gasteiger partial charge in [0, 0.05) is 0 Å². The topological polar surface area (TPSA) is 9.23 Å². The van der Waals surface area contributed by atoms with Gasteiger partial charge in [-0.2, -0.15) is 0 Å². The Morgan fingerprint density at radius 3 is 1.83 bits per heavy atom. The SMILES string of the molecule is CCCCCCC[C@H]1CC[C@H](CCCOc2ccc(-c3ccc(F)cc3)cc2)CC1. The molecule has 0 aromatic heterocycles. The molecule has 1 fully saturated rings. The Hall–Kier alpha value is -1.83. The molecule has 0 spiro atoms. The second-order valence-corrected chi connectivity index (χ2v) is 9.11. The Morgan fingerprint density at radius 1 is 0.700 bits per heavy atom. The van der Waals surface area contributed by atoms with Crippen LogP contribution in [0.5, 0.6) is 5.75 Å². The van der Waals surface area contributed by atoms with E-state index < -0.39 is 0 Å². The monoisotopic (exact) mass is 410 g/mol. The average molecular weight is 411 g/mol. The Balaban J connectivity index is 1.27. The Morgan fingerprint density at radius 2 is 1.23 bits per heavy atom. The summed E-state index contributed by atoms with van der Waals surface area (Å²) in [5, 5.41) is 0. The van der Waals surface area contributed by atoms with E-state index in [0.717, 1.165) is 41.7 Å². The van der Waals surface area contributed by atoms with Crippen molar-refractivity contribution in [2.75, 3.05) is 6.61 Å². The summed E-state index contributed by atoms with van der Waals surface area (Å²) in [6.45, 7) is 3.09. The number of halogens is 1. The van der Waals surface area contributed by atoms with Crippen molar-refractivity contribution in [3.05, 3.63) is 54.3 Å². The maximum Gasteiger partial charge on any atom is 0.123 e. The lowest BCUT2D eigenvalue weighted by atomic mass is 9.78. The predicted octanol–water partition coefficient (Wildman–Crippen LogP) is 8.82. The van der Waals surface area contributed by atoms with Gasteiger partial charge in [-0.25, -0.2) is 4.39 Å². The van der Waals surface area contributed by atoms with Gasteiger partial charge in [0.25, 0.3) is 0 Å². The summed E-state index contributed by atoms with van der Waals surface area (Å²) in [4.78, 5) is 0. The second-order valence-electron chi connectivity index (χ2n) is 9.11. The van der Waals surface area contributed by atoms with Crippen molar-refractivity contribution in [2.24, 2.45) is 11.8 Å². The maximum absolute atomic E-state index is 13.1. The highest BCUT2D eigenvalue weighted by Crippen LogP contribution is 2.34. The number of hydrogen-bond acceptors (Lipinski definition) is 1. The summed E-state index contributed by atoms with van der Waals surface area (Å²) in [6, 6.07) is 14.8. The van der Waals surface area contributed by atoms with E-state index in [0.29, 0.717) is 0 Å². The molecule has 2 aromatic carbocycles.